The van der Waals surface area contributed by atoms with Gasteiger partial charge in [-0.05, 0) is 24.3 Å². The lowest BCUT2D eigenvalue weighted by molar-refractivity contribution is 0.398. The molecule has 3 nitrogen and oxygen atoms in total. The number of hydrogen-bond acceptors (Lipinski definition) is 3. The molecule has 0 aliphatic rings. The highest BCUT2D eigenvalue weighted by Crippen LogP contribution is 2.26. The summed E-state index contributed by atoms with van der Waals surface area (Å²) in [7, 11) is 1.62. The lowest BCUT2D eigenvalue weighted by Gasteiger charge is -2.05. The number of methoxy groups -OCH3 is 1. The molecule has 0 aliphatic carbocycles. The van der Waals surface area contributed by atoms with Crippen LogP contribution in [0.15, 0.2) is 65.3 Å². The Balaban J connectivity index is 2.03. The minimum atomic E-state index is 0.612. The summed E-state index contributed by atoms with van der Waals surface area (Å²) in [5.74, 6) is 1.46. The topological polar surface area (TPSA) is 35.3 Å². The van der Waals surface area contributed by atoms with Gasteiger partial charge in [0.25, 0.3) is 0 Å². The molecular formula is C16H13NO2. The van der Waals surface area contributed by atoms with Crippen LogP contribution in [0.4, 0.5) is 0 Å². The van der Waals surface area contributed by atoms with Crippen LogP contribution >= 0.6 is 0 Å². The summed E-state index contributed by atoms with van der Waals surface area (Å²) < 4.78 is 10.6. The van der Waals surface area contributed by atoms with Crippen molar-refractivity contribution in [2.75, 3.05) is 7.11 Å². The zero-order chi connectivity index (χ0) is 13.1. The van der Waals surface area contributed by atoms with Gasteiger partial charge >= 0.3 is 0 Å². The van der Waals surface area contributed by atoms with Crippen LogP contribution in [-0.2, 0) is 0 Å². The predicted molar refractivity (Wildman–Crippen MR) is 73.9 cm³/mol. The Morgan fingerprint density at radius 1 is 0.947 bits per heavy atom. The van der Waals surface area contributed by atoms with E-state index >= 15 is 0 Å². The molecule has 3 heteroatoms. The molecule has 2 heterocycles. The van der Waals surface area contributed by atoms with Gasteiger partial charge < -0.3 is 9.15 Å². The molecule has 0 spiro atoms. The standard InChI is InChI=1S/C16H13NO2/c1-18-16-9-3-7-14(17-16)12-5-2-6-13(11-12)15-8-4-10-19-15/h2-11H,1H3. The SMILES string of the molecule is COc1cccc(-c2cccc(-c3ccco3)c2)n1. The van der Waals surface area contributed by atoms with Crippen molar-refractivity contribution in [3.05, 3.63) is 60.9 Å². The molecule has 0 aliphatic heterocycles. The molecular weight excluding hydrogens is 238 g/mol. The maximum Gasteiger partial charge on any atom is 0.213 e. The van der Waals surface area contributed by atoms with Crippen molar-refractivity contribution in [3.8, 4) is 28.5 Å². The van der Waals surface area contributed by atoms with E-state index in [0.29, 0.717) is 5.88 Å². The van der Waals surface area contributed by atoms with Crippen molar-refractivity contribution in [2.24, 2.45) is 0 Å². The van der Waals surface area contributed by atoms with E-state index in [4.69, 9.17) is 9.15 Å². The maximum absolute atomic E-state index is 5.41. The summed E-state index contributed by atoms with van der Waals surface area (Å²) in [6, 6.07) is 17.6. The van der Waals surface area contributed by atoms with Crippen molar-refractivity contribution in [2.45, 2.75) is 0 Å². The van der Waals surface area contributed by atoms with E-state index in [1.165, 1.54) is 0 Å². The summed E-state index contributed by atoms with van der Waals surface area (Å²) in [6.45, 7) is 0. The summed E-state index contributed by atoms with van der Waals surface area (Å²) in [4.78, 5) is 4.43. The number of ether oxygens (including phenoxy) is 1. The van der Waals surface area contributed by atoms with Crippen LogP contribution in [0.5, 0.6) is 5.88 Å². The fourth-order valence-corrected chi connectivity index (χ4v) is 1.96. The molecule has 0 saturated heterocycles. The highest BCUT2D eigenvalue weighted by Gasteiger charge is 2.05. The van der Waals surface area contributed by atoms with Crippen LogP contribution in [-0.4, -0.2) is 12.1 Å². The Bertz CT molecular complexity index is 675. The molecule has 0 N–H and O–H groups in total. The smallest absolute Gasteiger partial charge is 0.213 e. The number of pyridine rings is 1. The van der Waals surface area contributed by atoms with E-state index < -0.39 is 0 Å². The van der Waals surface area contributed by atoms with Crippen LogP contribution < -0.4 is 4.74 Å². The summed E-state index contributed by atoms with van der Waals surface area (Å²) in [5.41, 5.74) is 2.95. The van der Waals surface area contributed by atoms with Gasteiger partial charge in [0.15, 0.2) is 0 Å². The lowest BCUT2D eigenvalue weighted by Crippen LogP contribution is -1.89. The number of nitrogens with zero attached hydrogens (tertiary/aromatic N) is 1. The van der Waals surface area contributed by atoms with Gasteiger partial charge in [0.05, 0.1) is 19.1 Å². The second-order valence-corrected chi connectivity index (χ2v) is 4.12. The van der Waals surface area contributed by atoms with Crippen LogP contribution in [0.25, 0.3) is 22.6 Å². The first-order valence-electron chi connectivity index (χ1n) is 6.02. The zero-order valence-corrected chi connectivity index (χ0v) is 10.5. The van der Waals surface area contributed by atoms with Gasteiger partial charge in [-0.1, -0.05) is 24.3 Å². The van der Waals surface area contributed by atoms with Crippen molar-refractivity contribution in [1.29, 1.82) is 0 Å². The first-order chi connectivity index (χ1) is 9.36. The van der Waals surface area contributed by atoms with Crippen molar-refractivity contribution >= 4 is 0 Å². The normalized spacial score (nSPS) is 10.4. The van der Waals surface area contributed by atoms with Gasteiger partial charge in [-0.2, -0.15) is 0 Å². The molecule has 0 amide bonds. The quantitative estimate of drug-likeness (QED) is 0.705. The Kier molecular flexibility index (Phi) is 3.02. The summed E-state index contributed by atoms with van der Waals surface area (Å²) in [6.07, 6.45) is 1.67. The first-order valence-corrected chi connectivity index (χ1v) is 6.02. The highest BCUT2D eigenvalue weighted by atomic mass is 16.5. The monoisotopic (exact) mass is 251 g/mol. The van der Waals surface area contributed by atoms with E-state index in [2.05, 4.69) is 11.1 Å². The Hall–Kier alpha value is -2.55. The van der Waals surface area contributed by atoms with Crippen LogP contribution in [0.1, 0.15) is 0 Å². The van der Waals surface area contributed by atoms with Crippen LogP contribution in [0.3, 0.4) is 0 Å². The molecule has 0 unspecified atom stereocenters. The lowest BCUT2D eigenvalue weighted by atomic mass is 10.1. The third-order valence-electron chi connectivity index (χ3n) is 2.90. The van der Waals surface area contributed by atoms with Gasteiger partial charge in [0.2, 0.25) is 5.88 Å². The second-order valence-electron chi connectivity index (χ2n) is 4.12. The average molecular weight is 251 g/mol. The number of rotatable bonds is 3. The second kappa shape index (κ2) is 4.98. The van der Waals surface area contributed by atoms with E-state index in [1.807, 2.05) is 48.5 Å². The summed E-state index contributed by atoms with van der Waals surface area (Å²) >= 11 is 0. The van der Waals surface area contributed by atoms with Crippen LogP contribution in [0.2, 0.25) is 0 Å². The molecule has 0 fully saturated rings. The van der Waals surface area contributed by atoms with E-state index in [9.17, 15) is 0 Å². The molecule has 19 heavy (non-hydrogen) atoms. The van der Waals surface area contributed by atoms with E-state index in [0.717, 1.165) is 22.6 Å². The Morgan fingerprint density at radius 2 is 1.79 bits per heavy atom. The minimum absolute atomic E-state index is 0.612. The number of furan rings is 1. The number of aromatic nitrogens is 1. The highest BCUT2D eigenvalue weighted by molar-refractivity contribution is 5.68. The molecule has 0 radical (unpaired) electrons. The van der Waals surface area contributed by atoms with Crippen molar-refractivity contribution < 1.29 is 9.15 Å². The van der Waals surface area contributed by atoms with Crippen molar-refractivity contribution in [1.82, 2.24) is 4.98 Å². The molecule has 0 bridgehead atoms. The van der Waals surface area contributed by atoms with Gasteiger partial charge in [0.1, 0.15) is 5.76 Å². The molecule has 2 aromatic heterocycles. The number of benzene rings is 1. The maximum atomic E-state index is 5.41. The molecule has 0 atom stereocenters. The Morgan fingerprint density at radius 3 is 2.58 bits per heavy atom. The molecule has 94 valence electrons. The first kappa shape index (κ1) is 11.5. The van der Waals surface area contributed by atoms with Gasteiger partial charge in [-0.3, -0.25) is 0 Å². The minimum Gasteiger partial charge on any atom is -0.481 e. The zero-order valence-electron chi connectivity index (χ0n) is 10.5. The van der Waals surface area contributed by atoms with Gasteiger partial charge in [-0.15, -0.1) is 0 Å². The van der Waals surface area contributed by atoms with Gasteiger partial charge in [0, 0.05) is 17.2 Å². The Labute approximate surface area is 111 Å². The molecule has 3 rings (SSSR count). The van der Waals surface area contributed by atoms with Crippen LogP contribution in [0, 0.1) is 0 Å². The largest absolute Gasteiger partial charge is 0.481 e. The third kappa shape index (κ3) is 2.36. The summed E-state index contributed by atoms with van der Waals surface area (Å²) in [5, 5.41) is 0. The fourth-order valence-electron chi connectivity index (χ4n) is 1.96. The molecule has 0 saturated carbocycles. The average Bonchev–Trinajstić information content (AvgIpc) is 3.02. The fraction of sp³-hybridized carbons (Fsp3) is 0.0625. The van der Waals surface area contributed by atoms with E-state index in [1.54, 1.807) is 13.4 Å². The van der Waals surface area contributed by atoms with Gasteiger partial charge in [-0.25, -0.2) is 4.98 Å². The van der Waals surface area contributed by atoms with E-state index in [-0.39, 0.29) is 0 Å². The van der Waals surface area contributed by atoms with Crippen molar-refractivity contribution in [3.63, 3.8) is 0 Å². The molecule has 3 aromatic rings. The predicted octanol–water partition coefficient (Wildman–Crippen LogP) is 4.02. The molecule has 1 aromatic carbocycles. The number of hydrogen-bond donors (Lipinski definition) is 0. The third-order valence-corrected chi connectivity index (χ3v) is 2.90.